The van der Waals surface area contributed by atoms with E-state index >= 15 is 0 Å². The van der Waals surface area contributed by atoms with Crippen molar-refractivity contribution >= 4 is 0 Å². The Balaban J connectivity index is 2.72. The summed E-state index contributed by atoms with van der Waals surface area (Å²) in [4.78, 5) is 0. The zero-order chi connectivity index (χ0) is 14.5. The molecule has 1 unspecified atom stereocenters. The van der Waals surface area contributed by atoms with Crippen molar-refractivity contribution in [1.29, 1.82) is 0 Å². The third-order valence-electron chi connectivity index (χ3n) is 3.90. The van der Waals surface area contributed by atoms with Gasteiger partial charge in [-0.2, -0.15) is 0 Å². The summed E-state index contributed by atoms with van der Waals surface area (Å²) in [5, 5.41) is 10.1. The summed E-state index contributed by atoms with van der Waals surface area (Å²) in [6.45, 7) is 11.5. The molecule has 1 aromatic rings. The molecule has 0 saturated carbocycles. The second-order valence-corrected chi connectivity index (χ2v) is 6.12. The van der Waals surface area contributed by atoms with Crippen molar-refractivity contribution in [2.24, 2.45) is 5.92 Å². The summed E-state index contributed by atoms with van der Waals surface area (Å²) < 4.78 is 5.74. The lowest BCUT2D eigenvalue weighted by Crippen LogP contribution is -2.15. The van der Waals surface area contributed by atoms with E-state index in [1.807, 2.05) is 12.1 Å². The molecule has 0 saturated heterocycles. The highest BCUT2D eigenvalue weighted by molar-refractivity contribution is 5.43. The predicted octanol–water partition coefficient (Wildman–Crippen LogP) is 4.89. The van der Waals surface area contributed by atoms with Crippen LogP contribution in [0.5, 0.6) is 11.5 Å². The Labute approximate surface area is 117 Å². The molecule has 108 valence electrons. The fourth-order valence-electron chi connectivity index (χ4n) is 2.18. The highest BCUT2D eigenvalue weighted by Gasteiger charge is 2.21. The summed E-state index contributed by atoms with van der Waals surface area (Å²) in [6.07, 6.45) is 3.35. The van der Waals surface area contributed by atoms with Gasteiger partial charge in [0.15, 0.2) is 0 Å². The van der Waals surface area contributed by atoms with Gasteiger partial charge in [-0.1, -0.05) is 47.1 Å². The zero-order valence-corrected chi connectivity index (χ0v) is 13.0. The Kier molecular flexibility index (Phi) is 5.71. The maximum atomic E-state index is 10.1. The fraction of sp³-hybridized carbons (Fsp3) is 0.647. The number of hydrogen-bond donors (Lipinski definition) is 1. The third kappa shape index (κ3) is 4.45. The van der Waals surface area contributed by atoms with E-state index in [4.69, 9.17) is 4.74 Å². The first kappa shape index (κ1) is 15.9. The van der Waals surface area contributed by atoms with Gasteiger partial charge in [-0.05, 0) is 35.8 Å². The Morgan fingerprint density at radius 2 is 1.95 bits per heavy atom. The van der Waals surface area contributed by atoms with E-state index in [2.05, 4.69) is 34.6 Å². The van der Waals surface area contributed by atoms with Crippen molar-refractivity contribution in [3.63, 3.8) is 0 Å². The van der Waals surface area contributed by atoms with Gasteiger partial charge in [0.25, 0.3) is 0 Å². The summed E-state index contributed by atoms with van der Waals surface area (Å²) in [7, 11) is 0. The molecule has 0 aliphatic rings. The molecule has 0 fully saturated rings. The van der Waals surface area contributed by atoms with Gasteiger partial charge in [0.05, 0.1) is 6.61 Å². The summed E-state index contributed by atoms with van der Waals surface area (Å²) >= 11 is 0. The Morgan fingerprint density at radius 1 is 1.26 bits per heavy atom. The maximum Gasteiger partial charge on any atom is 0.123 e. The maximum absolute atomic E-state index is 10.1. The summed E-state index contributed by atoms with van der Waals surface area (Å²) in [6, 6.07) is 5.69. The van der Waals surface area contributed by atoms with Crippen molar-refractivity contribution < 1.29 is 9.84 Å². The molecule has 1 N–H and O–H groups in total. The number of rotatable bonds is 7. The van der Waals surface area contributed by atoms with Crippen molar-refractivity contribution in [3.8, 4) is 11.5 Å². The van der Waals surface area contributed by atoms with Crippen LogP contribution < -0.4 is 4.74 Å². The van der Waals surface area contributed by atoms with Crippen LogP contribution >= 0.6 is 0 Å². The van der Waals surface area contributed by atoms with Gasteiger partial charge in [0.1, 0.15) is 11.5 Å². The van der Waals surface area contributed by atoms with Gasteiger partial charge in [-0.15, -0.1) is 0 Å². The van der Waals surface area contributed by atoms with Crippen molar-refractivity contribution in [2.45, 2.75) is 59.3 Å². The Hall–Kier alpha value is -1.18. The molecule has 0 aromatic heterocycles. The number of phenolic OH excluding ortho intramolecular Hbond substituents is 1. The van der Waals surface area contributed by atoms with E-state index in [0.717, 1.165) is 17.7 Å². The lowest BCUT2D eigenvalue weighted by atomic mass is 9.82. The SMILES string of the molecule is CCCC(C)COc1ccc(C(C)(C)CC)c(O)c1. The first-order valence-corrected chi connectivity index (χ1v) is 7.37. The van der Waals surface area contributed by atoms with E-state index in [9.17, 15) is 5.11 Å². The molecule has 0 heterocycles. The van der Waals surface area contributed by atoms with Crippen LogP contribution in [0.25, 0.3) is 0 Å². The monoisotopic (exact) mass is 264 g/mol. The van der Waals surface area contributed by atoms with Gasteiger partial charge in [0.2, 0.25) is 0 Å². The van der Waals surface area contributed by atoms with Crippen molar-refractivity contribution in [2.75, 3.05) is 6.61 Å². The molecule has 1 rings (SSSR count). The fourth-order valence-corrected chi connectivity index (χ4v) is 2.18. The number of hydrogen-bond acceptors (Lipinski definition) is 2. The van der Waals surface area contributed by atoms with Crippen LogP contribution in [-0.4, -0.2) is 11.7 Å². The number of aromatic hydroxyl groups is 1. The van der Waals surface area contributed by atoms with Crippen LogP contribution in [0.1, 0.15) is 59.4 Å². The van der Waals surface area contributed by atoms with Crippen LogP contribution in [0.4, 0.5) is 0 Å². The normalized spacial score (nSPS) is 13.3. The first-order chi connectivity index (χ1) is 8.90. The second kappa shape index (κ2) is 6.83. The highest BCUT2D eigenvalue weighted by atomic mass is 16.5. The van der Waals surface area contributed by atoms with Crippen LogP contribution in [0, 0.1) is 5.92 Å². The lowest BCUT2D eigenvalue weighted by molar-refractivity contribution is 0.250. The van der Waals surface area contributed by atoms with Gasteiger partial charge in [-0.3, -0.25) is 0 Å². The molecule has 0 spiro atoms. The van der Waals surface area contributed by atoms with Crippen LogP contribution in [0.3, 0.4) is 0 Å². The van der Waals surface area contributed by atoms with Crippen LogP contribution in [-0.2, 0) is 5.41 Å². The molecule has 1 aromatic carbocycles. The van der Waals surface area contributed by atoms with Gasteiger partial charge < -0.3 is 9.84 Å². The average molecular weight is 264 g/mol. The molecule has 0 aliphatic heterocycles. The lowest BCUT2D eigenvalue weighted by Gasteiger charge is -2.24. The molecule has 2 nitrogen and oxygen atoms in total. The standard InChI is InChI=1S/C17H28O2/c1-6-8-13(3)12-19-14-9-10-15(16(18)11-14)17(4,5)7-2/h9-11,13,18H,6-8,12H2,1-5H3. The van der Waals surface area contributed by atoms with E-state index in [0.29, 0.717) is 18.3 Å². The molecule has 0 bridgehead atoms. The minimum absolute atomic E-state index is 0.00187. The van der Waals surface area contributed by atoms with E-state index in [1.54, 1.807) is 6.07 Å². The molecule has 1 atom stereocenters. The molecular formula is C17H28O2. The van der Waals surface area contributed by atoms with E-state index in [1.165, 1.54) is 12.8 Å². The zero-order valence-electron chi connectivity index (χ0n) is 13.0. The van der Waals surface area contributed by atoms with Gasteiger partial charge in [0, 0.05) is 6.07 Å². The molecule has 0 aliphatic carbocycles. The van der Waals surface area contributed by atoms with Gasteiger partial charge in [-0.25, -0.2) is 0 Å². The summed E-state index contributed by atoms with van der Waals surface area (Å²) in [5.41, 5.74) is 0.988. The smallest absolute Gasteiger partial charge is 0.123 e. The second-order valence-electron chi connectivity index (χ2n) is 6.12. The molecule has 2 heteroatoms. The molecule has 0 amide bonds. The minimum atomic E-state index is -0.00187. The third-order valence-corrected chi connectivity index (χ3v) is 3.90. The largest absolute Gasteiger partial charge is 0.508 e. The van der Waals surface area contributed by atoms with Gasteiger partial charge >= 0.3 is 0 Å². The number of ether oxygens (including phenoxy) is 1. The predicted molar refractivity (Wildman–Crippen MR) is 81.0 cm³/mol. The summed E-state index contributed by atoms with van der Waals surface area (Å²) in [5.74, 6) is 1.66. The highest BCUT2D eigenvalue weighted by Crippen LogP contribution is 2.35. The van der Waals surface area contributed by atoms with E-state index in [-0.39, 0.29) is 5.41 Å². The quantitative estimate of drug-likeness (QED) is 0.759. The molecular weight excluding hydrogens is 236 g/mol. The topological polar surface area (TPSA) is 29.5 Å². The average Bonchev–Trinajstić information content (AvgIpc) is 2.36. The molecule has 0 radical (unpaired) electrons. The first-order valence-electron chi connectivity index (χ1n) is 7.37. The van der Waals surface area contributed by atoms with Crippen LogP contribution in [0.2, 0.25) is 0 Å². The van der Waals surface area contributed by atoms with Crippen molar-refractivity contribution in [3.05, 3.63) is 23.8 Å². The van der Waals surface area contributed by atoms with Crippen molar-refractivity contribution in [1.82, 2.24) is 0 Å². The minimum Gasteiger partial charge on any atom is -0.508 e. The molecule has 19 heavy (non-hydrogen) atoms. The number of benzene rings is 1. The van der Waals surface area contributed by atoms with E-state index < -0.39 is 0 Å². The Bertz CT molecular complexity index is 396. The Morgan fingerprint density at radius 3 is 2.47 bits per heavy atom. The van der Waals surface area contributed by atoms with Crippen LogP contribution in [0.15, 0.2) is 18.2 Å². The number of phenols is 1.